The van der Waals surface area contributed by atoms with Crippen LogP contribution < -0.4 is 0 Å². The number of hydrogen-bond donors (Lipinski definition) is 3. The smallest absolute Gasteiger partial charge is 0.329 e. The first-order valence-corrected chi connectivity index (χ1v) is 23.7. The van der Waals surface area contributed by atoms with Gasteiger partial charge in [0, 0.05) is 36.6 Å². The van der Waals surface area contributed by atoms with Gasteiger partial charge in [0.15, 0.2) is 0 Å². The minimum Gasteiger partial charge on any atom is -0.460 e. The van der Waals surface area contributed by atoms with Gasteiger partial charge in [-0.2, -0.15) is 0 Å². The molecular formula is C51H79NO10. The van der Waals surface area contributed by atoms with Crippen molar-refractivity contribution in [3.8, 4) is 0 Å². The lowest BCUT2D eigenvalue weighted by atomic mass is 9.75. The van der Waals surface area contributed by atoms with E-state index < -0.39 is 65.6 Å². The van der Waals surface area contributed by atoms with Gasteiger partial charge in [-0.25, -0.2) is 4.79 Å². The second-order valence-corrected chi connectivity index (χ2v) is 20.1. The van der Waals surface area contributed by atoms with E-state index in [1.807, 2.05) is 52.0 Å². The lowest BCUT2D eigenvalue weighted by Crippen LogP contribution is -2.60. The Balaban J connectivity index is 1.67. The van der Waals surface area contributed by atoms with Crippen LogP contribution in [0.5, 0.6) is 0 Å². The third kappa shape index (κ3) is 13.4. The zero-order valence-electron chi connectivity index (χ0n) is 39.4. The molecule has 0 radical (unpaired) electrons. The normalized spacial score (nSPS) is 41.8. The summed E-state index contributed by atoms with van der Waals surface area (Å²) in [6, 6.07) is -1.08. The fourth-order valence-electron chi connectivity index (χ4n) is 10.2. The number of carbonyl (C=O) groups is 5. The molecule has 0 aromatic heterocycles. The van der Waals surface area contributed by atoms with Crippen molar-refractivity contribution in [1.29, 1.82) is 0 Å². The summed E-state index contributed by atoms with van der Waals surface area (Å²) >= 11 is 0. The monoisotopic (exact) mass is 866 g/mol. The lowest BCUT2D eigenvalue weighted by Gasteiger charge is -2.42. The van der Waals surface area contributed by atoms with Crippen LogP contribution in [-0.2, 0) is 33.4 Å². The number of aliphatic hydroxyl groups excluding tert-OH is 2. The topological polar surface area (TPSA) is 168 Å². The van der Waals surface area contributed by atoms with Gasteiger partial charge in [-0.1, -0.05) is 97.4 Å². The van der Waals surface area contributed by atoms with Crippen molar-refractivity contribution in [1.82, 2.24) is 4.90 Å². The number of nitrogens with zero attached hydrogens (tertiary/aromatic N) is 1. The quantitative estimate of drug-likeness (QED) is 0.144. The Hall–Kier alpha value is -3.25. The van der Waals surface area contributed by atoms with Gasteiger partial charge < -0.3 is 29.7 Å². The number of Topliss-reactive ketones (excluding diaryl/α,β-unsaturated/α-hetero) is 3. The molecular weight excluding hydrogens is 787 g/mol. The van der Waals surface area contributed by atoms with E-state index in [9.17, 15) is 39.3 Å². The molecule has 1 saturated carbocycles. The lowest BCUT2D eigenvalue weighted by molar-refractivity contribution is -0.264. The predicted molar refractivity (Wildman–Crippen MR) is 240 cm³/mol. The van der Waals surface area contributed by atoms with Crippen LogP contribution in [0.4, 0.5) is 0 Å². The summed E-state index contributed by atoms with van der Waals surface area (Å²) in [7, 11) is 0. The van der Waals surface area contributed by atoms with Gasteiger partial charge in [0.1, 0.15) is 23.7 Å². The minimum atomic E-state index is -2.35. The van der Waals surface area contributed by atoms with E-state index >= 15 is 0 Å². The molecule has 3 fully saturated rings. The number of carbonyl (C=O) groups excluding carboxylic acids is 5. The summed E-state index contributed by atoms with van der Waals surface area (Å²) in [4.78, 5) is 71.4. The molecule has 15 atom stereocenters. The molecule has 348 valence electrons. The molecule has 4 aliphatic rings. The van der Waals surface area contributed by atoms with E-state index in [1.54, 1.807) is 33.8 Å². The second-order valence-electron chi connectivity index (χ2n) is 20.1. The van der Waals surface area contributed by atoms with Crippen LogP contribution in [0, 0.1) is 53.3 Å². The number of ether oxygens (including phenoxy) is 2. The van der Waals surface area contributed by atoms with Crippen molar-refractivity contribution in [3.05, 3.63) is 47.6 Å². The molecule has 2 saturated heterocycles. The first-order valence-electron chi connectivity index (χ1n) is 23.7. The Bertz CT molecular complexity index is 1700. The molecule has 3 N–H and O–H groups in total. The molecule has 3 aliphatic heterocycles. The van der Waals surface area contributed by atoms with Crippen LogP contribution in [-0.4, -0.2) is 92.2 Å². The number of piperidine rings is 1. The molecule has 11 heteroatoms. The van der Waals surface area contributed by atoms with Gasteiger partial charge in [0.05, 0.1) is 18.3 Å². The molecule has 3 heterocycles. The summed E-state index contributed by atoms with van der Waals surface area (Å²) in [5, 5.41) is 33.6. The van der Waals surface area contributed by atoms with Crippen LogP contribution in [0.15, 0.2) is 47.6 Å². The highest BCUT2D eigenvalue weighted by Gasteiger charge is 2.53. The van der Waals surface area contributed by atoms with Crippen molar-refractivity contribution in [2.24, 2.45) is 53.3 Å². The molecule has 0 unspecified atom stereocenters. The SMILES string of the molecule is C/C1=C\[C@@H](C)C(=O)C[C@@H]([C@H](C)C[C@@H]2CC[C@@H](O)[C@H](C)C2)OC(=O)[C@@H]2CCCCN2C(=O)C(=O)[C@]2(O)O[C@@H](CC[C@H]2C)C[C@H](C)/C(C)=C/C=C/C=C/[C@@H](C)C[C@@H](C)C(=O)[C@H](C)[C@@H]1O. The van der Waals surface area contributed by atoms with Crippen LogP contribution >= 0.6 is 0 Å². The van der Waals surface area contributed by atoms with Gasteiger partial charge in [-0.3, -0.25) is 19.2 Å². The third-order valence-corrected chi connectivity index (χ3v) is 14.8. The Morgan fingerprint density at radius 1 is 0.823 bits per heavy atom. The van der Waals surface area contributed by atoms with Crippen molar-refractivity contribution < 1.29 is 48.8 Å². The van der Waals surface area contributed by atoms with Crippen molar-refractivity contribution in [2.45, 2.75) is 183 Å². The van der Waals surface area contributed by atoms with Crippen LogP contribution in [0.25, 0.3) is 0 Å². The number of amides is 1. The summed E-state index contributed by atoms with van der Waals surface area (Å²) < 4.78 is 12.4. The number of esters is 1. The zero-order valence-corrected chi connectivity index (χ0v) is 39.4. The van der Waals surface area contributed by atoms with Crippen LogP contribution in [0.1, 0.15) is 146 Å². The third-order valence-electron chi connectivity index (χ3n) is 14.8. The molecule has 62 heavy (non-hydrogen) atoms. The standard InChI is InChI=1S/C51H79NO10/c1-30-16-12-11-13-17-31(2)32(3)28-41-21-19-38(9)51(60,62-41)48(57)49(58)52-23-15-14-18-42(52)50(59)61-45(35(6)27-40-20-22-43(53)34(5)26-40)29-44(54)33(4)25-37(8)47(56)39(10)46(55)36(7)24-30/h11-13,16-17,25,30,32-36,38-43,45,47,53,56,60H,14-15,18-24,26-29H2,1-10H3/b13-11+,16-12+,31-17+,37-25+/t30-,32+,33-,34-,35-,36-,38-,39+,40-,41+,42+,43-,45+,47-,51-/m1/s1. The van der Waals surface area contributed by atoms with Gasteiger partial charge >= 0.3 is 5.97 Å². The van der Waals surface area contributed by atoms with Gasteiger partial charge in [0.2, 0.25) is 5.79 Å². The van der Waals surface area contributed by atoms with Crippen molar-refractivity contribution in [3.63, 3.8) is 0 Å². The first kappa shape index (κ1) is 51.4. The largest absolute Gasteiger partial charge is 0.460 e. The number of rotatable bonds is 3. The summed E-state index contributed by atoms with van der Waals surface area (Å²) in [5.74, 6) is -7.36. The van der Waals surface area contributed by atoms with Gasteiger partial charge in [-0.15, -0.1) is 0 Å². The van der Waals surface area contributed by atoms with Crippen molar-refractivity contribution >= 4 is 29.2 Å². The van der Waals surface area contributed by atoms with Crippen LogP contribution in [0.3, 0.4) is 0 Å². The van der Waals surface area contributed by atoms with E-state index in [4.69, 9.17) is 9.47 Å². The highest BCUT2D eigenvalue weighted by Crippen LogP contribution is 2.38. The average Bonchev–Trinajstić information content (AvgIpc) is 3.23. The number of fused-ring (bicyclic) bond motifs is 3. The highest BCUT2D eigenvalue weighted by molar-refractivity contribution is 6.39. The molecule has 11 nitrogen and oxygen atoms in total. The Labute approximate surface area is 371 Å². The van der Waals surface area contributed by atoms with E-state index in [0.29, 0.717) is 56.9 Å². The van der Waals surface area contributed by atoms with E-state index in [2.05, 4.69) is 19.9 Å². The molecule has 2 bridgehead atoms. The van der Waals surface area contributed by atoms with Gasteiger partial charge in [0.25, 0.3) is 11.7 Å². The van der Waals surface area contributed by atoms with Gasteiger partial charge in [-0.05, 0) is 120 Å². The maximum atomic E-state index is 14.3. The molecule has 1 amide bonds. The van der Waals surface area contributed by atoms with E-state index in [0.717, 1.165) is 18.4 Å². The van der Waals surface area contributed by atoms with Crippen molar-refractivity contribution in [2.75, 3.05) is 6.54 Å². The molecule has 0 aromatic carbocycles. The molecule has 0 spiro atoms. The number of allylic oxidation sites excluding steroid dienone is 7. The number of cyclic esters (lactones) is 1. The zero-order chi connectivity index (χ0) is 46.1. The van der Waals surface area contributed by atoms with Crippen LogP contribution in [0.2, 0.25) is 0 Å². The Morgan fingerprint density at radius 2 is 1.53 bits per heavy atom. The molecule has 4 rings (SSSR count). The molecule has 1 aliphatic carbocycles. The Kier molecular flexibility index (Phi) is 19.1. The Morgan fingerprint density at radius 3 is 2.23 bits per heavy atom. The number of aliphatic hydroxyl groups is 3. The van der Waals surface area contributed by atoms with E-state index in [1.165, 1.54) is 4.90 Å². The second kappa shape index (κ2) is 23.1. The summed E-state index contributed by atoms with van der Waals surface area (Å²) in [6.45, 7) is 19.0. The predicted octanol–water partition coefficient (Wildman–Crippen LogP) is 8.04. The van der Waals surface area contributed by atoms with E-state index in [-0.39, 0.29) is 72.6 Å². The average molecular weight is 866 g/mol. The minimum absolute atomic E-state index is 0.0475. The summed E-state index contributed by atoms with van der Waals surface area (Å²) in [6.07, 6.45) is 15.4. The molecule has 0 aromatic rings. The highest BCUT2D eigenvalue weighted by atomic mass is 16.6. The number of hydrogen-bond acceptors (Lipinski definition) is 10. The number of ketones is 3. The first-order chi connectivity index (χ1) is 29.1. The maximum Gasteiger partial charge on any atom is 0.329 e. The summed E-state index contributed by atoms with van der Waals surface area (Å²) in [5.41, 5.74) is 1.60. The maximum absolute atomic E-state index is 14.3. The fourth-order valence-corrected chi connectivity index (χ4v) is 10.2. The fraction of sp³-hybridized carbons (Fsp3) is 0.745.